The largest absolute Gasteiger partial charge is 0.492 e. The molecule has 4 nitrogen and oxygen atoms in total. The molecule has 2 aliphatic rings. The number of hydrogen-bond donors (Lipinski definition) is 1. The van der Waals surface area contributed by atoms with Crippen molar-refractivity contribution in [2.45, 2.75) is 20.4 Å². The number of ether oxygens (including phenoxy) is 1. The van der Waals surface area contributed by atoms with Gasteiger partial charge in [-0.3, -0.25) is 4.90 Å². The highest BCUT2D eigenvalue weighted by molar-refractivity contribution is 5.85. The molecule has 0 atom stereocenters. The summed E-state index contributed by atoms with van der Waals surface area (Å²) in [6, 6.07) is 19.1. The molecule has 140 valence electrons. The van der Waals surface area contributed by atoms with Gasteiger partial charge in [0.05, 0.1) is 11.4 Å². The van der Waals surface area contributed by atoms with Crippen molar-refractivity contribution in [1.82, 2.24) is 16.0 Å². The molecule has 27 heavy (non-hydrogen) atoms. The number of pyridine rings is 1. The molecule has 4 heteroatoms. The average molecular weight is 361 g/mol. The van der Waals surface area contributed by atoms with Crippen LogP contribution in [0.5, 0.6) is 5.75 Å². The Kier molecular flexibility index (Phi) is 5.59. The van der Waals surface area contributed by atoms with Crippen molar-refractivity contribution in [2.24, 2.45) is 0 Å². The fourth-order valence-electron chi connectivity index (χ4n) is 3.47. The molecule has 0 aromatic heterocycles. The highest BCUT2D eigenvalue weighted by Gasteiger charge is 2.19. The Hall–Kier alpha value is -2.69. The van der Waals surface area contributed by atoms with Crippen molar-refractivity contribution in [3.63, 3.8) is 0 Å². The van der Waals surface area contributed by atoms with Gasteiger partial charge in [0, 0.05) is 24.2 Å². The first-order valence-corrected chi connectivity index (χ1v) is 9.09. The van der Waals surface area contributed by atoms with Crippen LogP contribution < -0.4 is 10.9 Å². The average Bonchev–Trinajstić information content (AvgIpc) is 3.21. The van der Waals surface area contributed by atoms with Crippen LogP contribution in [0.1, 0.15) is 16.7 Å². The van der Waals surface area contributed by atoms with Crippen LogP contribution in [0.25, 0.3) is 22.5 Å². The standard InChI is InChI=1S/C23H24N2O.H3N/c1-16-11-20(12-17(2)23(16)22-14-19-13-21(19)24-22)26-10-9-25(3)15-18-7-5-4-6-8-18;/h4-8,11-14H,9-10,15H2,1-3H3;1H3. The van der Waals surface area contributed by atoms with Crippen molar-refractivity contribution in [3.05, 3.63) is 71.3 Å². The maximum absolute atomic E-state index is 6.02. The van der Waals surface area contributed by atoms with E-state index in [0.29, 0.717) is 6.61 Å². The zero-order valence-corrected chi connectivity index (χ0v) is 16.3. The monoisotopic (exact) mass is 361 g/mol. The van der Waals surface area contributed by atoms with E-state index in [-0.39, 0.29) is 6.15 Å². The second-order valence-corrected chi connectivity index (χ2v) is 7.13. The van der Waals surface area contributed by atoms with Gasteiger partial charge < -0.3 is 10.9 Å². The van der Waals surface area contributed by atoms with Gasteiger partial charge in [-0.15, -0.1) is 0 Å². The molecule has 0 fully saturated rings. The first-order chi connectivity index (χ1) is 12.6. The number of nitrogens with zero attached hydrogens (tertiary/aromatic N) is 2. The Balaban J connectivity index is 0.00000210. The van der Waals surface area contributed by atoms with E-state index in [0.717, 1.165) is 30.2 Å². The summed E-state index contributed by atoms with van der Waals surface area (Å²) in [6.07, 6.45) is 0. The summed E-state index contributed by atoms with van der Waals surface area (Å²) in [5, 5.41) is 0. The molecule has 1 aliphatic heterocycles. The van der Waals surface area contributed by atoms with Crippen molar-refractivity contribution < 1.29 is 4.74 Å². The van der Waals surface area contributed by atoms with Gasteiger partial charge in [0.25, 0.3) is 0 Å². The van der Waals surface area contributed by atoms with Gasteiger partial charge in [0.15, 0.2) is 0 Å². The van der Waals surface area contributed by atoms with Crippen LogP contribution in [0.2, 0.25) is 0 Å². The minimum atomic E-state index is 0. The molecule has 0 amide bonds. The van der Waals surface area contributed by atoms with Crippen LogP contribution >= 0.6 is 0 Å². The molecular weight excluding hydrogens is 334 g/mol. The Morgan fingerprint density at radius 2 is 1.59 bits per heavy atom. The van der Waals surface area contributed by atoms with E-state index in [1.54, 1.807) is 0 Å². The van der Waals surface area contributed by atoms with E-state index in [2.05, 4.69) is 85.4 Å². The third-order valence-corrected chi connectivity index (χ3v) is 4.84. The van der Waals surface area contributed by atoms with Crippen molar-refractivity contribution >= 4 is 0 Å². The zero-order valence-electron chi connectivity index (χ0n) is 16.3. The van der Waals surface area contributed by atoms with Crippen LogP contribution in [0.15, 0.2) is 54.6 Å². The summed E-state index contributed by atoms with van der Waals surface area (Å²) in [5.41, 5.74) is 8.50. The van der Waals surface area contributed by atoms with E-state index in [4.69, 9.17) is 4.74 Å². The molecule has 0 bridgehead atoms. The van der Waals surface area contributed by atoms with E-state index < -0.39 is 0 Å². The van der Waals surface area contributed by atoms with Crippen molar-refractivity contribution in [3.8, 4) is 28.3 Å². The summed E-state index contributed by atoms with van der Waals surface area (Å²) in [5.74, 6) is 0.937. The predicted octanol–water partition coefficient (Wildman–Crippen LogP) is 5.02. The number of hydrogen-bond acceptors (Lipinski definition) is 4. The first-order valence-electron chi connectivity index (χ1n) is 9.09. The minimum absolute atomic E-state index is 0. The molecule has 3 N–H and O–H groups in total. The Bertz CT molecular complexity index is 894. The predicted molar refractivity (Wildman–Crippen MR) is 111 cm³/mol. The summed E-state index contributed by atoms with van der Waals surface area (Å²) in [6.45, 7) is 6.78. The number of rotatable bonds is 7. The van der Waals surface area contributed by atoms with Crippen LogP contribution in [-0.4, -0.2) is 30.1 Å². The van der Waals surface area contributed by atoms with E-state index in [9.17, 15) is 0 Å². The number of aromatic nitrogens is 1. The number of fused-ring (bicyclic) bond motifs is 1. The summed E-state index contributed by atoms with van der Waals surface area (Å²) >= 11 is 0. The summed E-state index contributed by atoms with van der Waals surface area (Å²) < 4.78 is 6.02. The van der Waals surface area contributed by atoms with E-state index in [1.165, 1.54) is 27.8 Å². The highest BCUT2D eigenvalue weighted by atomic mass is 16.5. The first kappa shape index (κ1) is 19.1. The molecule has 0 radical (unpaired) electrons. The fraction of sp³-hybridized carbons (Fsp3) is 0.261. The van der Waals surface area contributed by atoms with Gasteiger partial charge >= 0.3 is 0 Å². The van der Waals surface area contributed by atoms with E-state index in [1.807, 2.05) is 0 Å². The number of benzene rings is 2. The van der Waals surface area contributed by atoms with Gasteiger partial charge in [-0.05, 0) is 61.9 Å². The lowest BCUT2D eigenvalue weighted by atomic mass is 9.99. The molecule has 0 saturated carbocycles. The molecular formula is C23H27N3O. The molecule has 4 rings (SSSR count). The smallest absolute Gasteiger partial charge is 0.119 e. The van der Waals surface area contributed by atoms with Crippen molar-refractivity contribution in [1.29, 1.82) is 0 Å². The Morgan fingerprint density at radius 1 is 0.926 bits per heavy atom. The molecule has 0 spiro atoms. The second-order valence-electron chi connectivity index (χ2n) is 7.13. The van der Waals surface area contributed by atoms with Gasteiger partial charge in [0.1, 0.15) is 12.4 Å². The van der Waals surface area contributed by atoms with Crippen LogP contribution in [0, 0.1) is 13.8 Å². The maximum atomic E-state index is 6.02. The lowest BCUT2D eigenvalue weighted by molar-refractivity contribution is 0.232. The summed E-state index contributed by atoms with van der Waals surface area (Å²) in [4.78, 5) is 6.93. The van der Waals surface area contributed by atoms with Crippen LogP contribution in [0.4, 0.5) is 0 Å². The van der Waals surface area contributed by atoms with Gasteiger partial charge in [-0.1, -0.05) is 30.3 Å². The summed E-state index contributed by atoms with van der Waals surface area (Å²) in [7, 11) is 2.13. The van der Waals surface area contributed by atoms with Crippen LogP contribution in [0.3, 0.4) is 0 Å². The normalized spacial score (nSPS) is 11.3. The molecule has 2 aromatic carbocycles. The third kappa shape index (κ3) is 4.35. The second kappa shape index (κ2) is 7.91. The number of likely N-dealkylation sites (N-methyl/N-ethyl adjacent to an activating group) is 1. The van der Waals surface area contributed by atoms with E-state index >= 15 is 0 Å². The van der Waals surface area contributed by atoms with Gasteiger partial charge in [0.2, 0.25) is 0 Å². The molecule has 1 heterocycles. The Labute approximate surface area is 161 Å². The molecule has 0 unspecified atom stereocenters. The molecule has 0 saturated heterocycles. The van der Waals surface area contributed by atoms with Crippen molar-refractivity contribution in [2.75, 3.05) is 20.2 Å². The van der Waals surface area contributed by atoms with Gasteiger partial charge in [-0.2, -0.15) is 0 Å². The lowest BCUT2D eigenvalue weighted by Crippen LogP contribution is -2.23. The molecule has 2 aromatic rings. The van der Waals surface area contributed by atoms with Crippen LogP contribution in [-0.2, 0) is 6.54 Å². The fourth-order valence-corrected chi connectivity index (χ4v) is 3.47. The Morgan fingerprint density at radius 3 is 2.22 bits per heavy atom. The number of aryl methyl sites for hydroxylation is 2. The lowest BCUT2D eigenvalue weighted by Gasteiger charge is -2.18. The molecule has 1 aliphatic carbocycles. The third-order valence-electron chi connectivity index (χ3n) is 4.84. The SMILES string of the molecule is Cc1cc(OCCN(C)Cc2ccccc2)cc(C)c1-c1cc2cc-2n1.N. The van der Waals surface area contributed by atoms with Gasteiger partial charge in [-0.25, -0.2) is 4.98 Å². The minimum Gasteiger partial charge on any atom is -0.492 e. The highest BCUT2D eigenvalue weighted by Crippen LogP contribution is 2.39. The maximum Gasteiger partial charge on any atom is 0.119 e. The zero-order chi connectivity index (χ0) is 18.1. The topological polar surface area (TPSA) is 60.4 Å². The quantitative estimate of drug-likeness (QED) is 0.502.